The number of aromatic nitrogens is 5. The first kappa shape index (κ1) is 22.9. The van der Waals surface area contributed by atoms with Crippen LogP contribution in [0, 0.1) is 11.7 Å². The predicted octanol–water partition coefficient (Wildman–Crippen LogP) is 2.57. The first-order valence-electron chi connectivity index (χ1n) is 11.4. The molecule has 0 spiro atoms. The van der Waals surface area contributed by atoms with Crippen LogP contribution in [0.1, 0.15) is 30.9 Å². The van der Waals surface area contributed by atoms with Crippen molar-refractivity contribution >= 4 is 38.7 Å². The summed E-state index contributed by atoms with van der Waals surface area (Å²) >= 11 is 6.29. The highest BCUT2D eigenvalue weighted by Crippen LogP contribution is 2.46. The monoisotopic (exact) mass is 529 g/mol. The fourth-order valence-electron chi connectivity index (χ4n) is 5.13. The highest BCUT2D eigenvalue weighted by atomic mass is 35.5. The van der Waals surface area contributed by atoms with Gasteiger partial charge in [0.25, 0.3) is 5.56 Å². The molecule has 0 bridgehead atoms. The molecule has 2 N–H and O–H groups in total. The molecule has 186 valence electrons. The lowest BCUT2D eigenvalue weighted by molar-refractivity contribution is 0.267. The van der Waals surface area contributed by atoms with Crippen LogP contribution in [0.4, 0.5) is 16.2 Å². The van der Waals surface area contributed by atoms with E-state index in [0.717, 1.165) is 6.42 Å². The number of rotatable bonds is 4. The van der Waals surface area contributed by atoms with Gasteiger partial charge in [0, 0.05) is 25.1 Å². The van der Waals surface area contributed by atoms with E-state index in [1.54, 1.807) is 23.2 Å². The van der Waals surface area contributed by atoms with Crippen molar-refractivity contribution in [2.45, 2.75) is 30.7 Å². The fraction of sp³-hybridized carbons (Fsp3) is 0.304. The lowest BCUT2D eigenvalue weighted by Crippen LogP contribution is -2.53. The molecule has 2 aliphatic heterocycles. The van der Waals surface area contributed by atoms with E-state index in [1.165, 1.54) is 27.3 Å². The van der Waals surface area contributed by atoms with Crippen molar-refractivity contribution in [3.63, 3.8) is 0 Å². The molecule has 2 atom stereocenters. The molecule has 5 heterocycles. The van der Waals surface area contributed by atoms with E-state index in [4.69, 9.17) is 22.4 Å². The van der Waals surface area contributed by atoms with Gasteiger partial charge >= 0.3 is 0 Å². The Hall–Kier alpha value is -3.51. The third kappa shape index (κ3) is 3.31. The van der Waals surface area contributed by atoms with Gasteiger partial charge in [-0.15, -0.1) is 0 Å². The van der Waals surface area contributed by atoms with Gasteiger partial charge in [0.2, 0.25) is 5.95 Å². The van der Waals surface area contributed by atoms with Crippen LogP contribution < -0.4 is 16.2 Å². The molecule has 0 radical (unpaired) electrons. The van der Waals surface area contributed by atoms with Crippen LogP contribution in [0.15, 0.2) is 46.2 Å². The van der Waals surface area contributed by atoms with E-state index in [2.05, 4.69) is 9.97 Å². The summed E-state index contributed by atoms with van der Waals surface area (Å²) < 4.78 is 42.8. The van der Waals surface area contributed by atoms with Crippen LogP contribution in [0.2, 0.25) is 5.02 Å². The maximum Gasteiger partial charge on any atom is 0.284 e. The van der Waals surface area contributed by atoms with Gasteiger partial charge in [-0.25, -0.2) is 22.3 Å². The normalized spacial score (nSPS) is 20.5. The van der Waals surface area contributed by atoms with Crippen LogP contribution in [-0.4, -0.2) is 44.9 Å². The molecule has 0 amide bonds. The van der Waals surface area contributed by atoms with Crippen LogP contribution >= 0.6 is 11.6 Å². The van der Waals surface area contributed by atoms with E-state index in [-0.39, 0.29) is 51.0 Å². The molecule has 0 saturated carbocycles. The molecule has 1 saturated heterocycles. The third-order valence-electron chi connectivity index (χ3n) is 6.86. The zero-order chi connectivity index (χ0) is 25.4. The van der Waals surface area contributed by atoms with Crippen LogP contribution in [0.5, 0.6) is 0 Å². The molecule has 3 aromatic heterocycles. The number of sulfone groups is 1. The highest BCUT2D eigenvalue weighted by molar-refractivity contribution is 7.91. The standard InChI is InChI=1S/C23H21ClFN7O3S/c1-2-12-11-30(21-19-16(27-23(26)28-21)7-9-36(19,34)35)17(12)20-29-31-8-6-15(24)18(31)22(33)32(20)14-5-3-4-13(25)10-14/h3-6,8,10,12,17H,2,7,9,11H2,1H3,(H2,26,27,28)/t12-,17?/m1/s1. The number of fused-ring (bicyclic) bond motifs is 2. The summed E-state index contributed by atoms with van der Waals surface area (Å²) in [4.78, 5) is 24.0. The lowest BCUT2D eigenvalue weighted by atomic mass is 9.85. The van der Waals surface area contributed by atoms with E-state index in [9.17, 15) is 17.6 Å². The zero-order valence-corrected chi connectivity index (χ0v) is 20.7. The van der Waals surface area contributed by atoms with E-state index >= 15 is 0 Å². The van der Waals surface area contributed by atoms with Gasteiger partial charge < -0.3 is 10.6 Å². The smallest absolute Gasteiger partial charge is 0.284 e. The third-order valence-corrected chi connectivity index (χ3v) is 8.94. The summed E-state index contributed by atoms with van der Waals surface area (Å²) in [6.07, 6.45) is 2.56. The minimum absolute atomic E-state index is 0.0103. The Morgan fingerprint density at radius 1 is 1.25 bits per heavy atom. The van der Waals surface area contributed by atoms with Crippen LogP contribution in [0.3, 0.4) is 0 Å². The molecule has 1 unspecified atom stereocenters. The number of nitrogens with zero attached hydrogens (tertiary/aromatic N) is 6. The summed E-state index contributed by atoms with van der Waals surface area (Å²) in [5, 5.41) is 4.93. The highest BCUT2D eigenvalue weighted by Gasteiger charge is 2.46. The summed E-state index contributed by atoms with van der Waals surface area (Å²) in [6.45, 7) is 2.48. The molecular weight excluding hydrogens is 509 g/mol. The molecule has 1 fully saturated rings. The molecule has 13 heteroatoms. The molecule has 10 nitrogen and oxygen atoms in total. The number of anilines is 2. The van der Waals surface area contributed by atoms with Crippen molar-refractivity contribution in [3.05, 3.63) is 69.2 Å². The van der Waals surface area contributed by atoms with Gasteiger partial charge in [0.15, 0.2) is 21.5 Å². The largest absolute Gasteiger partial charge is 0.368 e. The Labute approximate surface area is 210 Å². The van der Waals surface area contributed by atoms with Gasteiger partial charge in [0.1, 0.15) is 16.2 Å². The number of hydrogen-bond donors (Lipinski definition) is 1. The van der Waals surface area contributed by atoms with E-state index in [0.29, 0.717) is 18.1 Å². The summed E-state index contributed by atoms with van der Waals surface area (Å²) in [7, 11) is -3.59. The Kier molecular flexibility index (Phi) is 5.09. The van der Waals surface area contributed by atoms with Crippen molar-refractivity contribution in [2.24, 2.45) is 5.92 Å². The van der Waals surface area contributed by atoms with Gasteiger partial charge in [-0.2, -0.15) is 10.1 Å². The van der Waals surface area contributed by atoms with Gasteiger partial charge in [0.05, 0.1) is 28.2 Å². The maximum absolute atomic E-state index is 14.2. The fourth-order valence-corrected chi connectivity index (χ4v) is 6.96. The molecule has 0 aliphatic carbocycles. The number of halogens is 2. The molecule has 4 aromatic rings. The zero-order valence-electron chi connectivity index (χ0n) is 19.1. The molecule has 6 rings (SSSR count). The molecular formula is C23H21ClFN7O3S. The van der Waals surface area contributed by atoms with Crippen molar-refractivity contribution < 1.29 is 12.8 Å². The van der Waals surface area contributed by atoms with Gasteiger partial charge in [-0.05, 0) is 30.7 Å². The topological polar surface area (TPSA) is 128 Å². The summed E-state index contributed by atoms with van der Waals surface area (Å²) in [6, 6.07) is 6.67. The second-order valence-electron chi connectivity index (χ2n) is 8.95. The van der Waals surface area contributed by atoms with Crippen molar-refractivity contribution in [1.82, 2.24) is 24.1 Å². The summed E-state index contributed by atoms with van der Waals surface area (Å²) in [5.74, 6) is -0.0841. The van der Waals surface area contributed by atoms with Crippen LogP contribution in [-0.2, 0) is 16.3 Å². The second-order valence-corrected chi connectivity index (χ2v) is 11.4. The molecule has 2 aliphatic rings. The number of nitrogens with two attached hydrogens (primary N) is 1. The second kappa shape index (κ2) is 8.00. The predicted molar refractivity (Wildman–Crippen MR) is 132 cm³/mol. The average Bonchev–Trinajstić information content (AvgIpc) is 3.32. The molecule has 36 heavy (non-hydrogen) atoms. The minimum atomic E-state index is -3.59. The number of nitrogen functional groups attached to an aromatic ring is 1. The van der Waals surface area contributed by atoms with Crippen molar-refractivity contribution in [3.8, 4) is 5.69 Å². The first-order valence-corrected chi connectivity index (χ1v) is 13.4. The number of aryl methyl sites for hydroxylation is 1. The van der Waals surface area contributed by atoms with E-state index in [1.807, 2.05) is 6.92 Å². The van der Waals surface area contributed by atoms with Crippen molar-refractivity contribution in [2.75, 3.05) is 22.9 Å². The Morgan fingerprint density at radius 2 is 2.06 bits per heavy atom. The quantitative estimate of drug-likeness (QED) is 0.427. The first-order chi connectivity index (χ1) is 17.2. The van der Waals surface area contributed by atoms with Crippen molar-refractivity contribution in [1.29, 1.82) is 0 Å². The van der Waals surface area contributed by atoms with E-state index < -0.39 is 27.3 Å². The van der Waals surface area contributed by atoms with Crippen LogP contribution in [0.25, 0.3) is 11.2 Å². The number of hydrogen-bond acceptors (Lipinski definition) is 8. The number of benzene rings is 1. The Morgan fingerprint density at radius 3 is 2.81 bits per heavy atom. The van der Waals surface area contributed by atoms with Gasteiger partial charge in [-0.1, -0.05) is 24.6 Å². The average molecular weight is 530 g/mol. The lowest BCUT2D eigenvalue weighted by Gasteiger charge is -2.48. The minimum Gasteiger partial charge on any atom is -0.368 e. The maximum atomic E-state index is 14.2. The SMILES string of the molecule is CC[C@@H]1CN(c2nc(N)nc3c2S(=O)(=O)CC3)C1c1nn2ccc(Cl)c2c(=O)n1-c1cccc(F)c1. The summed E-state index contributed by atoms with van der Waals surface area (Å²) in [5.41, 5.74) is 6.30. The Bertz CT molecular complexity index is 1720. The molecule has 1 aromatic carbocycles. The van der Waals surface area contributed by atoms with Gasteiger partial charge in [-0.3, -0.25) is 9.36 Å². The Balaban J connectivity index is 1.62.